The third kappa shape index (κ3) is 8.46. The van der Waals surface area contributed by atoms with Gasteiger partial charge in [0.05, 0.1) is 14.4 Å². The normalized spacial score (nSPS) is 32.8. The van der Waals surface area contributed by atoms with Crippen molar-refractivity contribution in [1.29, 1.82) is 0 Å². The maximum atomic E-state index is 10.3. The van der Waals surface area contributed by atoms with Gasteiger partial charge in [0.1, 0.15) is 24.4 Å². The van der Waals surface area contributed by atoms with Crippen molar-refractivity contribution >= 4 is 7.82 Å². The summed E-state index contributed by atoms with van der Waals surface area (Å²) in [5.74, 6) is 0. The molecule has 0 spiro atoms. The molecule has 0 saturated carbocycles. The van der Waals surface area contributed by atoms with E-state index in [1.54, 1.807) is 0 Å². The van der Waals surface area contributed by atoms with E-state index in [0.717, 1.165) is 0 Å². The van der Waals surface area contributed by atoms with Crippen LogP contribution in [0.1, 0.15) is 0 Å². The van der Waals surface area contributed by atoms with Gasteiger partial charge < -0.3 is 55.0 Å². The smallest absolute Gasteiger partial charge is 0.790 e. The SMILES string of the molecule is O.O.O=P([O-])([O-])O[C@H]1O[C@H](CO)[C@@H](O)[C@H](O)[C@H]1O.[Na+].[Na+]. The van der Waals surface area contributed by atoms with Crippen LogP contribution in [0, 0.1) is 0 Å². The van der Waals surface area contributed by atoms with E-state index < -0.39 is 45.1 Å². The quantitative estimate of drug-likeness (QED) is 0.282. The van der Waals surface area contributed by atoms with Crippen LogP contribution in [0.4, 0.5) is 0 Å². The molecule has 1 aliphatic rings. The molecular formula is C6H15Na2O11P. The fourth-order valence-electron chi connectivity index (χ4n) is 1.28. The number of aliphatic hydroxyl groups excluding tert-OH is 4. The van der Waals surface area contributed by atoms with Crippen LogP contribution in [0.15, 0.2) is 0 Å². The molecule has 14 heteroatoms. The molecule has 0 aromatic rings. The summed E-state index contributed by atoms with van der Waals surface area (Å²) in [4.78, 5) is 20.6. The maximum absolute atomic E-state index is 10.3. The molecule has 8 N–H and O–H groups in total. The van der Waals surface area contributed by atoms with E-state index in [1.807, 2.05) is 0 Å². The van der Waals surface area contributed by atoms with Gasteiger partial charge in [-0.3, -0.25) is 0 Å². The van der Waals surface area contributed by atoms with E-state index in [1.165, 1.54) is 0 Å². The molecule has 11 nitrogen and oxygen atoms in total. The summed E-state index contributed by atoms with van der Waals surface area (Å²) in [5.41, 5.74) is 0. The summed E-state index contributed by atoms with van der Waals surface area (Å²) in [5, 5.41) is 36.5. The molecule has 0 unspecified atom stereocenters. The van der Waals surface area contributed by atoms with Crippen molar-refractivity contribution in [2.24, 2.45) is 0 Å². The number of phosphoric ester groups is 1. The van der Waals surface area contributed by atoms with Crippen molar-refractivity contribution in [2.75, 3.05) is 6.61 Å². The summed E-state index contributed by atoms with van der Waals surface area (Å²) < 4.78 is 18.7. The Morgan fingerprint density at radius 1 is 1.05 bits per heavy atom. The molecule has 0 aromatic heterocycles. The topological polar surface area (TPSA) is 226 Å². The Labute approximate surface area is 158 Å². The van der Waals surface area contributed by atoms with E-state index in [9.17, 15) is 29.7 Å². The number of aliphatic hydroxyl groups is 4. The Bertz CT molecular complexity index is 286. The van der Waals surface area contributed by atoms with Gasteiger partial charge in [0.25, 0.3) is 0 Å². The molecule has 5 atom stereocenters. The second-order valence-electron chi connectivity index (χ2n) is 3.25. The van der Waals surface area contributed by atoms with Crippen LogP contribution in [0.5, 0.6) is 0 Å². The van der Waals surface area contributed by atoms with Crippen LogP contribution >= 0.6 is 7.82 Å². The van der Waals surface area contributed by atoms with Gasteiger partial charge in [0.2, 0.25) is 0 Å². The van der Waals surface area contributed by atoms with E-state index >= 15 is 0 Å². The first-order valence-corrected chi connectivity index (χ1v) is 5.73. The second-order valence-corrected chi connectivity index (χ2v) is 4.36. The van der Waals surface area contributed by atoms with Crippen molar-refractivity contribution in [3.63, 3.8) is 0 Å². The molecule has 1 fully saturated rings. The average Bonchev–Trinajstić information content (AvgIpc) is 2.17. The van der Waals surface area contributed by atoms with E-state index in [-0.39, 0.29) is 70.1 Å². The average molecular weight is 340 g/mol. The molecule has 0 aliphatic carbocycles. The van der Waals surface area contributed by atoms with Gasteiger partial charge in [0, 0.05) is 0 Å². The van der Waals surface area contributed by atoms with Crippen molar-refractivity contribution in [3.8, 4) is 0 Å². The van der Waals surface area contributed by atoms with Gasteiger partial charge in [0.15, 0.2) is 6.29 Å². The Balaban J connectivity index is -0.000000320. The number of hydrogen-bond acceptors (Lipinski definition) is 9. The standard InChI is InChI=1S/C6H13O9P.2Na.2H2O/c7-1-2-3(8)4(9)5(10)6(14-2)15-16(11,12)13;;;;/h2-10H,1H2,(H2,11,12,13);;;2*1H2/q;2*+1;;/p-2/t2-,3-,4+,5-,6-;;;;/m1..../s1. The summed E-state index contributed by atoms with van der Waals surface area (Å²) in [6.07, 6.45) is -8.61. The van der Waals surface area contributed by atoms with Crippen LogP contribution in [0.25, 0.3) is 0 Å². The van der Waals surface area contributed by atoms with Crippen molar-refractivity contribution in [3.05, 3.63) is 0 Å². The van der Waals surface area contributed by atoms with E-state index in [2.05, 4.69) is 9.26 Å². The molecular weight excluding hydrogens is 325 g/mol. The van der Waals surface area contributed by atoms with Gasteiger partial charge in [-0.2, -0.15) is 0 Å². The number of ether oxygens (including phenoxy) is 1. The first-order valence-electron chi connectivity index (χ1n) is 4.27. The number of phosphoric acid groups is 1. The van der Waals surface area contributed by atoms with Crippen LogP contribution in [0.2, 0.25) is 0 Å². The van der Waals surface area contributed by atoms with Gasteiger partial charge >= 0.3 is 59.1 Å². The van der Waals surface area contributed by atoms with E-state index in [4.69, 9.17) is 5.11 Å². The van der Waals surface area contributed by atoms with Gasteiger partial charge in [-0.25, -0.2) is 0 Å². The Morgan fingerprint density at radius 3 is 1.85 bits per heavy atom. The zero-order valence-corrected chi connectivity index (χ0v) is 15.8. The molecule has 0 bridgehead atoms. The number of hydrogen-bond donors (Lipinski definition) is 4. The molecule has 1 rings (SSSR count). The van der Waals surface area contributed by atoms with Crippen molar-refractivity contribution < 1.29 is 114 Å². The maximum Gasteiger partial charge on any atom is 1.00 e. The largest absolute Gasteiger partial charge is 1.00 e. The van der Waals surface area contributed by atoms with Crippen molar-refractivity contribution in [2.45, 2.75) is 30.7 Å². The fraction of sp³-hybridized carbons (Fsp3) is 1.00. The molecule has 1 saturated heterocycles. The van der Waals surface area contributed by atoms with Crippen LogP contribution in [-0.2, 0) is 13.8 Å². The predicted octanol–water partition coefficient (Wildman–Crippen LogP) is -12.0. The first-order chi connectivity index (χ1) is 7.26. The zero-order valence-electron chi connectivity index (χ0n) is 10.9. The molecule has 0 amide bonds. The summed E-state index contributed by atoms with van der Waals surface area (Å²) in [6.45, 7) is -0.743. The fourth-order valence-corrected chi connectivity index (χ4v) is 1.71. The van der Waals surface area contributed by atoms with Crippen molar-refractivity contribution in [1.82, 2.24) is 0 Å². The molecule has 20 heavy (non-hydrogen) atoms. The minimum absolute atomic E-state index is 0. The second kappa shape index (κ2) is 12.3. The Morgan fingerprint density at radius 2 is 1.50 bits per heavy atom. The first kappa shape index (κ1) is 29.8. The van der Waals surface area contributed by atoms with Crippen LogP contribution in [-0.4, -0.2) is 68.7 Å². The van der Waals surface area contributed by atoms with E-state index in [0.29, 0.717) is 0 Å². The zero-order chi connectivity index (χ0) is 12.5. The predicted molar refractivity (Wildman–Crippen MR) is 49.7 cm³/mol. The summed E-state index contributed by atoms with van der Waals surface area (Å²) in [6, 6.07) is 0. The van der Waals surface area contributed by atoms with Gasteiger partial charge in [-0.1, -0.05) is 0 Å². The van der Waals surface area contributed by atoms with Crippen LogP contribution < -0.4 is 68.9 Å². The molecule has 0 radical (unpaired) electrons. The molecule has 0 aromatic carbocycles. The minimum atomic E-state index is -5.41. The van der Waals surface area contributed by atoms with Gasteiger partial charge in [-0.05, 0) is 0 Å². The Hall–Kier alpha value is 1.83. The molecule has 1 heterocycles. The molecule has 112 valence electrons. The Kier molecular flexibility index (Phi) is 18.3. The van der Waals surface area contributed by atoms with Crippen LogP contribution in [0.3, 0.4) is 0 Å². The minimum Gasteiger partial charge on any atom is -0.790 e. The van der Waals surface area contributed by atoms with Gasteiger partial charge in [-0.15, -0.1) is 0 Å². The monoisotopic (exact) mass is 340 g/mol. The number of rotatable bonds is 3. The third-order valence-electron chi connectivity index (χ3n) is 2.08. The summed E-state index contributed by atoms with van der Waals surface area (Å²) in [7, 11) is -5.41. The molecule has 1 aliphatic heterocycles. The third-order valence-corrected chi connectivity index (χ3v) is 2.55. The summed E-state index contributed by atoms with van der Waals surface area (Å²) >= 11 is 0.